The van der Waals surface area contributed by atoms with Crippen LogP contribution in [-0.4, -0.2) is 32.0 Å². The maximum absolute atomic E-state index is 11.5. The van der Waals surface area contributed by atoms with Crippen molar-refractivity contribution in [3.63, 3.8) is 0 Å². The zero-order valence-corrected chi connectivity index (χ0v) is 9.72. The zero-order valence-electron chi connectivity index (χ0n) is 9.72. The average molecular weight is 258 g/mol. The maximum Gasteiger partial charge on any atom is 0.328 e. The lowest BCUT2D eigenvalue weighted by molar-refractivity contribution is -0.131. The van der Waals surface area contributed by atoms with Crippen molar-refractivity contribution in [2.75, 3.05) is 5.32 Å². The summed E-state index contributed by atoms with van der Waals surface area (Å²) in [5, 5.41) is 18.5. The number of carboxylic acids is 1. The van der Waals surface area contributed by atoms with Crippen LogP contribution in [0.1, 0.15) is 0 Å². The molecule has 0 radical (unpaired) electrons. The van der Waals surface area contributed by atoms with Crippen molar-refractivity contribution in [2.45, 2.75) is 0 Å². The molecule has 0 saturated carbocycles. The predicted octanol–water partition coefficient (Wildman–Crippen LogP) is 0.847. The first-order valence-corrected chi connectivity index (χ1v) is 5.34. The summed E-state index contributed by atoms with van der Waals surface area (Å²) in [6.45, 7) is 0. The lowest BCUT2D eigenvalue weighted by Gasteiger charge is -2.08. The lowest BCUT2D eigenvalue weighted by atomic mass is 10.2. The fraction of sp³-hybridized carbons (Fsp3) is 0. The molecule has 0 aliphatic rings. The van der Waals surface area contributed by atoms with Crippen LogP contribution < -0.4 is 5.32 Å². The highest BCUT2D eigenvalue weighted by atomic mass is 16.4. The van der Waals surface area contributed by atoms with Gasteiger partial charge in [-0.2, -0.15) is 0 Å². The van der Waals surface area contributed by atoms with Crippen LogP contribution in [-0.2, 0) is 9.59 Å². The Morgan fingerprint density at radius 2 is 2.05 bits per heavy atom. The molecule has 19 heavy (non-hydrogen) atoms. The van der Waals surface area contributed by atoms with E-state index >= 15 is 0 Å². The summed E-state index contributed by atoms with van der Waals surface area (Å²) in [6, 6.07) is 6.98. The zero-order chi connectivity index (χ0) is 13.7. The minimum atomic E-state index is -1.18. The van der Waals surface area contributed by atoms with E-state index in [1.165, 1.54) is 10.9 Å². The number of aliphatic carboxylic acids is 1. The maximum atomic E-state index is 11.5. The summed E-state index contributed by atoms with van der Waals surface area (Å²) in [6.07, 6.45) is 4.87. The molecule has 2 N–H and O–H groups in total. The third-order valence-corrected chi connectivity index (χ3v) is 2.21. The molecule has 0 aliphatic heterocycles. The van der Waals surface area contributed by atoms with Crippen molar-refractivity contribution < 1.29 is 14.7 Å². The molecule has 96 valence electrons. The molecule has 1 amide bonds. The first kappa shape index (κ1) is 12.5. The number of carbonyl (C=O) groups is 2. The summed E-state index contributed by atoms with van der Waals surface area (Å²) in [7, 11) is 0. The first-order valence-electron chi connectivity index (χ1n) is 5.34. The van der Waals surface area contributed by atoms with Crippen LogP contribution in [0.2, 0.25) is 0 Å². The summed E-state index contributed by atoms with van der Waals surface area (Å²) >= 11 is 0. The molecule has 1 heterocycles. The number of carboxylic acid groups (broad SMARTS) is 1. The van der Waals surface area contributed by atoms with Gasteiger partial charge in [0.15, 0.2) is 0 Å². The molecule has 0 aliphatic carbocycles. The van der Waals surface area contributed by atoms with Gasteiger partial charge in [-0.05, 0) is 12.1 Å². The number of nitrogens with zero attached hydrogens (tertiary/aromatic N) is 3. The number of rotatable bonds is 4. The van der Waals surface area contributed by atoms with Gasteiger partial charge in [0, 0.05) is 12.2 Å². The molecule has 7 nitrogen and oxygen atoms in total. The number of para-hydroxylation sites is 2. The van der Waals surface area contributed by atoms with Crippen molar-refractivity contribution in [3.05, 3.63) is 48.8 Å². The van der Waals surface area contributed by atoms with E-state index in [1.807, 2.05) is 0 Å². The number of anilines is 1. The molecular weight excluding hydrogens is 248 g/mol. The molecule has 2 aromatic rings. The second-order valence-corrected chi connectivity index (χ2v) is 3.53. The van der Waals surface area contributed by atoms with Gasteiger partial charge in [-0.1, -0.05) is 17.3 Å². The number of hydrogen-bond acceptors (Lipinski definition) is 4. The highest BCUT2D eigenvalue weighted by molar-refractivity contribution is 6.03. The first-order chi connectivity index (χ1) is 9.16. The van der Waals surface area contributed by atoms with Crippen LogP contribution in [0, 0.1) is 0 Å². The highest BCUT2D eigenvalue weighted by Crippen LogP contribution is 2.18. The number of aromatic nitrogens is 3. The summed E-state index contributed by atoms with van der Waals surface area (Å²) < 4.78 is 1.50. The molecule has 0 unspecified atom stereocenters. The minimum Gasteiger partial charge on any atom is -0.478 e. The molecule has 0 spiro atoms. The predicted molar refractivity (Wildman–Crippen MR) is 66.8 cm³/mol. The SMILES string of the molecule is O=C(O)/C=C/C(=O)Nc1ccccc1-n1ccnn1. The molecule has 0 saturated heterocycles. The Bertz CT molecular complexity index is 620. The molecule has 0 bridgehead atoms. The lowest BCUT2D eigenvalue weighted by Crippen LogP contribution is -2.11. The molecule has 1 aromatic heterocycles. The van der Waals surface area contributed by atoms with Crippen molar-refractivity contribution in [3.8, 4) is 5.69 Å². The Kier molecular flexibility index (Phi) is 3.67. The van der Waals surface area contributed by atoms with Crippen LogP contribution in [0.4, 0.5) is 5.69 Å². The van der Waals surface area contributed by atoms with E-state index in [-0.39, 0.29) is 0 Å². The second kappa shape index (κ2) is 5.58. The smallest absolute Gasteiger partial charge is 0.328 e. The molecular formula is C12H10N4O3. The monoisotopic (exact) mass is 258 g/mol. The molecule has 0 fully saturated rings. The van der Waals surface area contributed by atoms with Crippen LogP contribution in [0.3, 0.4) is 0 Å². The highest BCUT2D eigenvalue weighted by Gasteiger charge is 2.06. The van der Waals surface area contributed by atoms with Gasteiger partial charge in [-0.15, -0.1) is 5.10 Å². The summed E-state index contributed by atoms with van der Waals surface area (Å²) in [5.41, 5.74) is 1.14. The molecule has 2 rings (SSSR count). The van der Waals surface area contributed by atoms with E-state index in [0.29, 0.717) is 11.4 Å². The largest absolute Gasteiger partial charge is 0.478 e. The average Bonchev–Trinajstić information content (AvgIpc) is 2.91. The number of hydrogen-bond donors (Lipinski definition) is 2. The van der Waals surface area contributed by atoms with E-state index in [9.17, 15) is 9.59 Å². The van der Waals surface area contributed by atoms with Crippen LogP contribution in [0.25, 0.3) is 5.69 Å². The topological polar surface area (TPSA) is 97.1 Å². The van der Waals surface area contributed by atoms with E-state index < -0.39 is 11.9 Å². The van der Waals surface area contributed by atoms with Gasteiger partial charge >= 0.3 is 5.97 Å². The number of nitrogens with one attached hydrogen (secondary N) is 1. The molecule has 7 heteroatoms. The van der Waals surface area contributed by atoms with Crippen molar-refractivity contribution in [1.82, 2.24) is 15.0 Å². The van der Waals surface area contributed by atoms with Gasteiger partial charge in [0.25, 0.3) is 0 Å². The normalized spacial score (nSPS) is 10.5. The van der Waals surface area contributed by atoms with Gasteiger partial charge in [0.1, 0.15) is 0 Å². The Labute approximate surface area is 108 Å². The Hall–Kier alpha value is -2.96. The Morgan fingerprint density at radius 1 is 1.26 bits per heavy atom. The third kappa shape index (κ3) is 3.25. The fourth-order valence-electron chi connectivity index (χ4n) is 1.44. The van der Waals surface area contributed by atoms with E-state index in [1.54, 1.807) is 30.5 Å². The quantitative estimate of drug-likeness (QED) is 0.792. The van der Waals surface area contributed by atoms with Gasteiger partial charge in [0.2, 0.25) is 5.91 Å². The third-order valence-electron chi connectivity index (χ3n) is 2.21. The standard InChI is InChI=1S/C12H10N4O3/c17-11(5-6-12(18)19)14-9-3-1-2-4-10(9)16-8-7-13-15-16/h1-8H,(H,14,17)(H,18,19)/b6-5+. The van der Waals surface area contributed by atoms with Gasteiger partial charge < -0.3 is 10.4 Å². The Balaban J connectivity index is 2.22. The Morgan fingerprint density at radius 3 is 2.74 bits per heavy atom. The van der Waals surface area contributed by atoms with Crippen molar-refractivity contribution in [2.24, 2.45) is 0 Å². The van der Waals surface area contributed by atoms with Gasteiger partial charge in [-0.25, -0.2) is 9.48 Å². The molecule has 1 aromatic carbocycles. The summed E-state index contributed by atoms with van der Waals surface area (Å²) in [5.74, 6) is -1.71. The van der Waals surface area contributed by atoms with Crippen LogP contribution in [0.5, 0.6) is 0 Å². The van der Waals surface area contributed by atoms with E-state index in [4.69, 9.17) is 5.11 Å². The number of benzene rings is 1. The molecule has 0 atom stereocenters. The van der Waals surface area contributed by atoms with E-state index in [2.05, 4.69) is 15.6 Å². The van der Waals surface area contributed by atoms with Crippen molar-refractivity contribution >= 4 is 17.6 Å². The fourth-order valence-corrected chi connectivity index (χ4v) is 1.44. The second-order valence-electron chi connectivity index (χ2n) is 3.53. The van der Waals surface area contributed by atoms with Crippen LogP contribution >= 0.6 is 0 Å². The number of amides is 1. The van der Waals surface area contributed by atoms with Crippen molar-refractivity contribution in [1.29, 1.82) is 0 Å². The van der Waals surface area contributed by atoms with Gasteiger partial charge in [-0.3, -0.25) is 4.79 Å². The summed E-state index contributed by atoms with van der Waals surface area (Å²) in [4.78, 5) is 21.9. The van der Waals surface area contributed by atoms with Gasteiger partial charge in [0.05, 0.1) is 23.8 Å². The number of carbonyl (C=O) groups excluding carboxylic acids is 1. The minimum absolute atomic E-state index is 0.507. The van der Waals surface area contributed by atoms with Crippen LogP contribution in [0.15, 0.2) is 48.8 Å². The van der Waals surface area contributed by atoms with E-state index in [0.717, 1.165) is 12.2 Å².